The number of benzene rings is 1. The van der Waals surface area contributed by atoms with Crippen LogP contribution in [0.3, 0.4) is 0 Å². The van der Waals surface area contributed by atoms with E-state index in [0.717, 1.165) is 12.1 Å². The number of hydrogen-bond donors (Lipinski definition) is 0. The number of cyclic esters (lactones) is 1. The number of hydrogen-bond acceptors (Lipinski definition) is 4. The van der Waals surface area contributed by atoms with Crippen LogP contribution in [-0.2, 0) is 15.7 Å². The molecular formula is C18H19F3N2O4. The van der Waals surface area contributed by atoms with Crippen LogP contribution >= 0.6 is 0 Å². The molecule has 1 aromatic carbocycles. The van der Waals surface area contributed by atoms with Crippen LogP contribution in [0.25, 0.3) is 0 Å². The van der Waals surface area contributed by atoms with E-state index >= 15 is 0 Å². The summed E-state index contributed by atoms with van der Waals surface area (Å²) >= 11 is 0. The van der Waals surface area contributed by atoms with Crippen molar-refractivity contribution in [2.45, 2.75) is 19.0 Å². The first-order chi connectivity index (χ1) is 12.8. The molecule has 0 bridgehead atoms. The molecule has 0 N–H and O–H groups in total. The summed E-state index contributed by atoms with van der Waals surface area (Å²) in [6.07, 6.45) is -3.98. The molecule has 6 nitrogen and oxygen atoms in total. The lowest BCUT2D eigenvalue weighted by molar-refractivity contribution is -0.137. The third-order valence-corrected chi connectivity index (χ3v) is 4.79. The number of piperidine rings is 1. The van der Waals surface area contributed by atoms with Crippen molar-refractivity contribution in [3.63, 3.8) is 0 Å². The third-order valence-electron chi connectivity index (χ3n) is 4.79. The molecule has 2 heterocycles. The molecule has 2 aliphatic heterocycles. The normalized spacial score (nSPS) is 20.6. The maximum atomic E-state index is 12.9. The number of likely N-dealkylation sites (tertiary alicyclic amines) is 1. The van der Waals surface area contributed by atoms with Gasteiger partial charge in [-0.2, -0.15) is 13.2 Å². The second kappa shape index (κ2) is 7.58. The van der Waals surface area contributed by atoms with E-state index in [4.69, 9.17) is 4.74 Å². The zero-order valence-corrected chi connectivity index (χ0v) is 14.5. The molecule has 27 heavy (non-hydrogen) atoms. The van der Waals surface area contributed by atoms with Crippen molar-refractivity contribution >= 4 is 17.8 Å². The molecule has 146 valence electrons. The maximum Gasteiger partial charge on any atom is 0.416 e. The summed E-state index contributed by atoms with van der Waals surface area (Å²) < 4.78 is 43.4. The zero-order chi connectivity index (χ0) is 19.6. The van der Waals surface area contributed by atoms with Gasteiger partial charge in [-0.3, -0.25) is 14.5 Å². The van der Waals surface area contributed by atoms with Crippen molar-refractivity contribution in [2.75, 3.05) is 32.8 Å². The Morgan fingerprint density at radius 1 is 1.22 bits per heavy atom. The molecule has 1 atom stereocenters. The van der Waals surface area contributed by atoms with Gasteiger partial charge in [0.05, 0.1) is 12.1 Å². The van der Waals surface area contributed by atoms with Crippen molar-refractivity contribution < 1.29 is 32.3 Å². The van der Waals surface area contributed by atoms with Crippen LogP contribution < -0.4 is 0 Å². The molecule has 2 saturated heterocycles. The van der Waals surface area contributed by atoms with Crippen LogP contribution in [0.2, 0.25) is 0 Å². The first-order valence-electron chi connectivity index (χ1n) is 8.66. The fraction of sp³-hybridized carbons (Fsp3) is 0.500. The highest BCUT2D eigenvalue weighted by molar-refractivity contribution is 5.98. The molecule has 0 radical (unpaired) electrons. The Morgan fingerprint density at radius 2 is 2.00 bits per heavy atom. The monoisotopic (exact) mass is 384 g/mol. The number of ketones is 1. The number of nitrogens with zero attached hydrogens (tertiary/aromatic N) is 2. The minimum Gasteiger partial charge on any atom is -0.448 e. The number of alkyl halides is 3. The Labute approximate surface area is 153 Å². The quantitative estimate of drug-likeness (QED) is 0.749. The van der Waals surface area contributed by atoms with Gasteiger partial charge in [0, 0.05) is 24.6 Å². The Morgan fingerprint density at radius 3 is 2.67 bits per heavy atom. The fourth-order valence-electron chi connectivity index (χ4n) is 3.33. The van der Waals surface area contributed by atoms with Crippen LogP contribution in [0.1, 0.15) is 28.8 Å². The summed E-state index contributed by atoms with van der Waals surface area (Å²) in [5.74, 6) is -1.26. The second-order valence-corrected chi connectivity index (χ2v) is 6.66. The van der Waals surface area contributed by atoms with Gasteiger partial charge in [-0.15, -0.1) is 0 Å². The summed E-state index contributed by atoms with van der Waals surface area (Å²) in [6.45, 7) is 1.04. The van der Waals surface area contributed by atoms with E-state index < -0.39 is 29.5 Å². The number of amides is 2. The number of ether oxygens (including phenoxy) is 1. The standard InChI is InChI=1S/C18H19F3N2O4/c19-18(20,21)14-5-1-3-12(9-14)16(25)13-4-2-6-22(10-13)15(24)11-23-7-8-27-17(23)26/h1,3,5,9,13H,2,4,6-8,10-11H2/t13-/m1/s1. The molecule has 0 aromatic heterocycles. The predicted molar refractivity (Wildman–Crippen MR) is 88.0 cm³/mol. The molecular weight excluding hydrogens is 365 g/mol. The number of carbonyl (C=O) groups excluding carboxylic acids is 3. The largest absolute Gasteiger partial charge is 0.448 e. The smallest absolute Gasteiger partial charge is 0.416 e. The minimum atomic E-state index is -4.52. The summed E-state index contributed by atoms with van der Waals surface area (Å²) in [7, 11) is 0. The molecule has 2 fully saturated rings. The van der Waals surface area contributed by atoms with Gasteiger partial charge in [0.15, 0.2) is 5.78 Å². The minimum absolute atomic E-state index is 0.00718. The van der Waals surface area contributed by atoms with Crippen molar-refractivity contribution in [2.24, 2.45) is 5.92 Å². The van der Waals surface area contributed by atoms with Gasteiger partial charge in [0.25, 0.3) is 0 Å². The van der Waals surface area contributed by atoms with Gasteiger partial charge in [-0.25, -0.2) is 4.79 Å². The second-order valence-electron chi connectivity index (χ2n) is 6.66. The van der Waals surface area contributed by atoms with E-state index in [2.05, 4.69) is 0 Å². The summed E-state index contributed by atoms with van der Waals surface area (Å²) in [4.78, 5) is 39.3. The van der Waals surface area contributed by atoms with Crippen LogP contribution in [0.15, 0.2) is 24.3 Å². The number of carbonyl (C=O) groups is 3. The fourth-order valence-corrected chi connectivity index (χ4v) is 3.33. The van der Waals surface area contributed by atoms with E-state index in [9.17, 15) is 27.6 Å². The lowest BCUT2D eigenvalue weighted by Crippen LogP contribution is -2.46. The Kier molecular flexibility index (Phi) is 5.38. The molecule has 1 aromatic rings. The molecule has 0 unspecified atom stereocenters. The first-order valence-corrected chi connectivity index (χ1v) is 8.66. The number of rotatable bonds is 4. The van der Waals surface area contributed by atoms with Crippen LogP contribution in [0, 0.1) is 5.92 Å². The van der Waals surface area contributed by atoms with Crippen molar-refractivity contribution in [3.05, 3.63) is 35.4 Å². The zero-order valence-electron chi connectivity index (χ0n) is 14.5. The van der Waals surface area contributed by atoms with Crippen molar-refractivity contribution in [1.29, 1.82) is 0 Å². The van der Waals surface area contributed by atoms with E-state index in [1.54, 1.807) is 0 Å². The van der Waals surface area contributed by atoms with E-state index in [0.29, 0.717) is 25.9 Å². The number of Topliss-reactive ketones (excluding diaryl/α,β-unsaturated/α-hetero) is 1. The summed E-state index contributed by atoms with van der Waals surface area (Å²) in [5.41, 5.74) is -0.878. The summed E-state index contributed by atoms with van der Waals surface area (Å²) in [6, 6.07) is 4.34. The Bertz CT molecular complexity index is 750. The molecule has 2 amide bonds. The average Bonchev–Trinajstić information content (AvgIpc) is 3.05. The highest BCUT2D eigenvalue weighted by Gasteiger charge is 2.34. The average molecular weight is 384 g/mol. The van der Waals surface area contributed by atoms with Gasteiger partial charge in [-0.05, 0) is 25.0 Å². The first kappa shape index (κ1) is 19.2. The molecule has 9 heteroatoms. The molecule has 3 rings (SSSR count). The van der Waals surface area contributed by atoms with Crippen LogP contribution in [0.5, 0.6) is 0 Å². The van der Waals surface area contributed by atoms with Gasteiger partial charge >= 0.3 is 12.3 Å². The molecule has 0 saturated carbocycles. The van der Waals surface area contributed by atoms with Crippen LogP contribution in [-0.4, -0.2) is 60.4 Å². The number of halogens is 3. The lowest BCUT2D eigenvalue weighted by atomic mass is 9.89. The van der Waals surface area contributed by atoms with Crippen molar-refractivity contribution in [3.8, 4) is 0 Å². The van der Waals surface area contributed by atoms with Crippen molar-refractivity contribution in [1.82, 2.24) is 9.80 Å². The molecule has 0 aliphatic carbocycles. The highest BCUT2D eigenvalue weighted by Crippen LogP contribution is 2.30. The van der Waals surface area contributed by atoms with E-state index in [-0.39, 0.29) is 31.2 Å². The summed E-state index contributed by atoms with van der Waals surface area (Å²) in [5, 5.41) is 0. The maximum absolute atomic E-state index is 12.9. The van der Waals surface area contributed by atoms with E-state index in [1.807, 2.05) is 0 Å². The van der Waals surface area contributed by atoms with Gasteiger partial charge in [0.1, 0.15) is 13.2 Å². The Balaban J connectivity index is 1.66. The lowest BCUT2D eigenvalue weighted by Gasteiger charge is -2.33. The van der Waals surface area contributed by atoms with E-state index in [1.165, 1.54) is 21.9 Å². The SMILES string of the molecule is O=C(c1cccc(C(F)(F)F)c1)[C@@H]1CCCN(C(=O)CN2CCOC2=O)C1. The molecule has 0 spiro atoms. The van der Waals surface area contributed by atoms with Gasteiger partial charge < -0.3 is 9.64 Å². The van der Waals surface area contributed by atoms with Crippen LogP contribution in [0.4, 0.5) is 18.0 Å². The predicted octanol–water partition coefficient (Wildman–Crippen LogP) is 2.58. The topological polar surface area (TPSA) is 66.9 Å². The van der Waals surface area contributed by atoms with Gasteiger partial charge in [-0.1, -0.05) is 12.1 Å². The van der Waals surface area contributed by atoms with Gasteiger partial charge in [0.2, 0.25) is 5.91 Å². The third kappa shape index (κ3) is 4.40. The Hall–Kier alpha value is -2.58. The highest BCUT2D eigenvalue weighted by atomic mass is 19.4. The molecule has 2 aliphatic rings.